The summed E-state index contributed by atoms with van der Waals surface area (Å²) in [5.74, 6) is -1.15. The predicted molar refractivity (Wildman–Crippen MR) is 99.4 cm³/mol. The maximum absolute atomic E-state index is 12.9. The van der Waals surface area contributed by atoms with Gasteiger partial charge in [-0.3, -0.25) is 4.72 Å². The quantitative estimate of drug-likeness (QED) is 0.548. The Morgan fingerprint density at radius 3 is 2.26 bits per heavy atom. The summed E-state index contributed by atoms with van der Waals surface area (Å²) in [6.45, 7) is 0. The fourth-order valence-electron chi connectivity index (χ4n) is 2.32. The van der Waals surface area contributed by atoms with Crippen LogP contribution in [0.5, 0.6) is 17.2 Å². The Balaban J connectivity index is 1.80. The first-order valence-corrected chi connectivity index (χ1v) is 9.76. The third-order valence-electron chi connectivity index (χ3n) is 3.63. The molecule has 160 valence electrons. The van der Waals surface area contributed by atoms with Crippen molar-refractivity contribution in [1.29, 1.82) is 5.26 Å². The summed E-state index contributed by atoms with van der Waals surface area (Å²) >= 11 is 0. The molecule has 3 rings (SSSR count). The number of alkyl halides is 3. The molecule has 0 radical (unpaired) electrons. The highest BCUT2D eigenvalue weighted by Gasteiger charge is 2.31. The van der Waals surface area contributed by atoms with Crippen LogP contribution < -0.4 is 14.2 Å². The molecule has 1 heterocycles. The maximum atomic E-state index is 12.9. The summed E-state index contributed by atoms with van der Waals surface area (Å²) < 4.78 is 85.9. The molecule has 31 heavy (non-hydrogen) atoms. The standard InChI is InChI=1S/C19H11F4N3O4S/c20-13-1-8-18(25-11-13)26-31(27,28)16-6-7-17(12(9-16)10-24)29-14-2-4-15(5-3-14)30-19(21,22)23/h1-9,11H,(H,25,26). The fourth-order valence-corrected chi connectivity index (χ4v) is 3.36. The van der Waals surface area contributed by atoms with Gasteiger partial charge in [0, 0.05) is 0 Å². The maximum Gasteiger partial charge on any atom is 0.573 e. The van der Waals surface area contributed by atoms with Crippen LogP contribution in [0, 0.1) is 17.1 Å². The van der Waals surface area contributed by atoms with Crippen LogP contribution in [-0.4, -0.2) is 19.8 Å². The van der Waals surface area contributed by atoms with Gasteiger partial charge in [-0.05, 0) is 54.6 Å². The highest BCUT2D eigenvalue weighted by Crippen LogP contribution is 2.30. The second-order valence-electron chi connectivity index (χ2n) is 5.86. The van der Waals surface area contributed by atoms with Crippen LogP contribution in [0.25, 0.3) is 0 Å². The molecule has 7 nitrogen and oxygen atoms in total. The van der Waals surface area contributed by atoms with Gasteiger partial charge in [0.25, 0.3) is 10.0 Å². The molecule has 0 atom stereocenters. The van der Waals surface area contributed by atoms with E-state index >= 15 is 0 Å². The summed E-state index contributed by atoms with van der Waals surface area (Å²) in [4.78, 5) is 3.32. The zero-order chi connectivity index (χ0) is 22.6. The van der Waals surface area contributed by atoms with Crippen molar-refractivity contribution in [2.24, 2.45) is 0 Å². The predicted octanol–water partition coefficient (Wildman–Crippen LogP) is 4.58. The third-order valence-corrected chi connectivity index (χ3v) is 4.99. The van der Waals surface area contributed by atoms with Gasteiger partial charge in [-0.25, -0.2) is 17.8 Å². The van der Waals surface area contributed by atoms with E-state index in [1.54, 1.807) is 6.07 Å². The van der Waals surface area contributed by atoms with Gasteiger partial charge in [0.15, 0.2) is 0 Å². The van der Waals surface area contributed by atoms with Crippen LogP contribution in [0.3, 0.4) is 0 Å². The van der Waals surface area contributed by atoms with E-state index in [4.69, 9.17) is 4.74 Å². The van der Waals surface area contributed by atoms with Gasteiger partial charge in [0.1, 0.15) is 35.0 Å². The van der Waals surface area contributed by atoms with Gasteiger partial charge < -0.3 is 9.47 Å². The van der Waals surface area contributed by atoms with E-state index in [2.05, 4.69) is 14.4 Å². The number of nitrogens with one attached hydrogen (secondary N) is 1. The summed E-state index contributed by atoms with van der Waals surface area (Å²) in [5, 5.41) is 9.33. The molecule has 0 saturated carbocycles. The summed E-state index contributed by atoms with van der Waals surface area (Å²) in [7, 11) is -4.14. The van der Waals surface area contributed by atoms with Gasteiger partial charge in [-0.1, -0.05) is 0 Å². The topological polar surface area (TPSA) is 101 Å². The smallest absolute Gasteiger partial charge is 0.456 e. The number of hydrogen-bond acceptors (Lipinski definition) is 6. The Labute approximate surface area is 173 Å². The number of sulfonamides is 1. The van der Waals surface area contributed by atoms with Crippen molar-refractivity contribution in [3.05, 3.63) is 72.2 Å². The lowest BCUT2D eigenvalue weighted by Gasteiger charge is -2.12. The lowest BCUT2D eigenvalue weighted by atomic mass is 10.2. The molecular weight excluding hydrogens is 442 g/mol. The van der Waals surface area contributed by atoms with Crippen LogP contribution in [0.1, 0.15) is 5.56 Å². The Morgan fingerprint density at radius 1 is 1.00 bits per heavy atom. The average molecular weight is 453 g/mol. The second-order valence-corrected chi connectivity index (χ2v) is 7.54. The Bertz CT molecular complexity index is 1220. The largest absolute Gasteiger partial charge is 0.573 e. The van der Waals surface area contributed by atoms with Crippen molar-refractivity contribution in [3.63, 3.8) is 0 Å². The Morgan fingerprint density at radius 2 is 1.68 bits per heavy atom. The molecule has 2 aromatic carbocycles. The number of nitriles is 1. The van der Waals surface area contributed by atoms with Crippen molar-refractivity contribution in [1.82, 2.24) is 4.98 Å². The number of pyridine rings is 1. The lowest BCUT2D eigenvalue weighted by Crippen LogP contribution is -2.16. The van der Waals surface area contributed by atoms with Crippen molar-refractivity contribution < 1.29 is 35.5 Å². The monoisotopic (exact) mass is 453 g/mol. The first kappa shape index (κ1) is 21.8. The molecule has 1 aromatic heterocycles. The average Bonchev–Trinajstić information content (AvgIpc) is 2.70. The highest BCUT2D eigenvalue weighted by atomic mass is 32.2. The SMILES string of the molecule is N#Cc1cc(S(=O)(=O)Nc2ccc(F)cn2)ccc1Oc1ccc(OC(F)(F)F)cc1. The number of nitrogens with zero attached hydrogens (tertiary/aromatic N) is 2. The third kappa shape index (κ3) is 5.83. The highest BCUT2D eigenvalue weighted by molar-refractivity contribution is 7.92. The van der Waals surface area contributed by atoms with E-state index in [1.165, 1.54) is 18.2 Å². The van der Waals surface area contributed by atoms with E-state index in [1.807, 2.05) is 0 Å². The minimum Gasteiger partial charge on any atom is -0.456 e. The number of benzene rings is 2. The van der Waals surface area contributed by atoms with E-state index < -0.39 is 28.0 Å². The molecule has 12 heteroatoms. The van der Waals surface area contributed by atoms with Crippen LogP contribution in [-0.2, 0) is 10.0 Å². The number of hydrogen-bond donors (Lipinski definition) is 1. The summed E-state index contributed by atoms with van der Waals surface area (Å²) in [6.07, 6.45) is -4.00. The van der Waals surface area contributed by atoms with Crippen molar-refractivity contribution in [3.8, 4) is 23.3 Å². The van der Waals surface area contributed by atoms with Gasteiger partial charge in [-0.2, -0.15) is 5.26 Å². The van der Waals surface area contributed by atoms with E-state index in [0.29, 0.717) is 0 Å². The molecule has 0 amide bonds. The van der Waals surface area contributed by atoms with Crippen LogP contribution >= 0.6 is 0 Å². The molecule has 0 spiro atoms. The molecular formula is C19H11F4N3O4S. The molecule has 0 fully saturated rings. The van der Waals surface area contributed by atoms with Gasteiger partial charge in [-0.15, -0.1) is 13.2 Å². The summed E-state index contributed by atoms with van der Waals surface area (Å²) in [5.41, 5.74) is -0.148. The van der Waals surface area contributed by atoms with Gasteiger partial charge in [0.2, 0.25) is 0 Å². The molecule has 1 N–H and O–H groups in total. The minimum atomic E-state index is -4.84. The number of ether oxygens (including phenoxy) is 2. The fraction of sp³-hybridized carbons (Fsp3) is 0.0526. The zero-order valence-electron chi connectivity index (χ0n) is 15.2. The van der Waals surface area contributed by atoms with E-state index in [-0.39, 0.29) is 27.8 Å². The first-order chi connectivity index (χ1) is 14.6. The van der Waals surface area contributed by atoms with E-state index in [9.17, 15) is 31.2 Å². The zero-order valence-corrected chi connectivity index (χ0v) is 16.0. The first-order valence-electron chi connectivity index (χ1n) is 8.28. The van der Waals surface area contributed by atoms with Crippen LogP contribution in [0.2, 0.25) is 0 Å². The van der Waals surface area contributed by atoms with Crippen molar-refractivity contribution in [2.75, 3.05) is 4.72 Å². The lowest BCUT2D eigenvalue weighted by molar-refractivity contribution is -0.274. The van der Waals surface area contributed by atoms with Crippen LogP contribution in [0.15, 0.2) is 65.7 Å². The molecule has 0 bridgehead atoms. The Hall–Kier alpha value is -3.85. The molecule has 0 aliphatic rings. The Kier molecular flexibility index (Phi) is 5.98. The van der Waals surface area contributed by atoms with E-state index in [0.717, 1.165) is 42.6 Å². The molecule has 0 saturated heterocycles. The molecule has 0 unspecified atom stereocenters. The minimum absolute atomic E-state index is 0.0224. The summed E-state index contributed by atoms with van der Waals surface area (Å²) in [6, 6.07) is 11.8. The number of anilines is 1. The number of halogens is 4. The van der Waals surface area contributed by atoms with Crippen molar-refractivity contribution >= 4 is 15.8 Å². The normalized spacial score (nSPS) is 11.5. The van der Waals surface area contributed by atoms with Crippen molar-refractivity contribution in [2.45, 2.75) is 11.3 Å². The molecule has 0 aliphatic carbocycles. The van der Waals surface area contributed by atoms with Gasteiger partial charge >= 0.3 is 6.36 Å². The van der Waals surface area contributed by atoms with Crippen LogP contribution in [0.4, 0.5) is 23.4 Å². The molecule has 3 aromatic rings. The van der Waals surface area contributed by atoms with Gasteiger partial charge in [0.05, 0.1) is 16.7 Å². The second kappa shape index (κ2) is 8.49. The number of aromatic nitrogens is 1. The number of rotatable bonds is 6. The molecule has 0 aliphatic heterocycles.